The van der Waals surface area contributed by atoms with Crippen LogP contribution >= 0.6 is 11.8 Å². The van der Waals surface area contributed by atoms with Gasteiger partial charge >= 0.3 is 5.97 Å². The lowest BCUT2D eigenvalue weighted by molar-refractivity contribution is 0.0654. The summed E-state index contributed by atoms with van der Waals surface area (Å²) >= 11 is 1.72. The second kappa shape index (κ2) is 4.47. The monoisotopic (exact) mass is 238 g/mol. The number of aliphatic hydroxyl groups is 1. The number of benzene rings is 1. The molecule has 0 saturated carbocycles. The molecule has 0 amide bonds. The summed E-state index contributed by atoms with van der Waals surface area (Å²) in [6.45, 7) is 0. The minimum atomic E-state index is -0.926. The van der Waals surface area contributed by atoms with Crippen molar-refractivity contribution in [3.8, 4) is 0 Å². The first-order valence-electron chi connectivity index (χ1n) is 5.22. The Kier molecular flexibility index (Phi) is 3.21. The lowest BCUT2D eigenvalue weighted by Crippen LogP contribution is -2.31. The van der Waals surface area contributed by atoms with Crippen molar-refractivity contribution in [2.24, 2.45) is 0 Å². The first-order chi connectivity index (χ1) is 7.61. The molecule has 0 aromatic heterocycles. The molecule has 0 spiro atoms. The zero-order valence-corrected chi connectivity index (χ0v) is 9.67. The van der Waals surface area contributed by atoms with Gasteiger partial charge in [-0.25, -0.2) is 4.79 Å². The minimum Gasteiger partial charge on any atom is -0.478 e. The first kappa shape index (κ1) is 11.5. The van der Waals surface area contributed by atoms with Gasteiger partial charge in [-0.2, -0.15) is 11.8 Å². The molecule has 0 aliphatic carbocycles. The molecule has 0 radical (unpaired) electrons. The van der Waals surface area contributed by atoms with E-state index in [1.54, 1.807) is 30.0 Å². The van der Waals surface area contributed by atoms with Crippen molar-refractivity contribution in [3.63, 3.8) is 0 Å². The van der Waals surface area contributed by atoms with Gasteiger partial charge in [-0.3, -0.25) is 0 Å². The highest BCUT2D eigenvalue weighted by molar-refractivity contribution is 7.99. The quantitative estimate of drug-likeness (QED) is 0.843. The van der Waals surface area contributed by atoms with Gasteiger partial charge in [0.05, 0.1) is 11.2 Å². The van der Waals surface area contributed by atoms with E-state index in [2.05, 4.69) is 0 Å². The fourth-order valence-electron chi connectivity index (χ4n) is 1.97. The van der Waals surface area contributed by atoms with E-state index in [0.29, 0.717) is 17.7 Å². The first-order valence-corrected chi connectivity index (χ1v) is 6.37. The molecule has 3 nitrogen and oxygen atoms in total. The summed E-state index contributed by atoms with van der Waals surface area (Å²) < 4.78 is 0. The van der Waals surface area contributed by atoms with Crippen molar-refractivity contribution in [2.75, 3.05) is 11.5 Å². The van der Waals surface area contributed by atoms with Crippen LogP contribution < -0.4 is 0 Å². The van der Waals surface area contributed by atoms with E-state index >= 15 is 0 Å². The van der Waals surface area contributed by atoms with E-state index < -0.39 is 11.6 Å². The van der Waals surface area contributed by atoms with Crippen LogP contribution in [0.15, 0.2) is 24.3 Å². The molecule has 4 heteroatoms. The highest BCUT2D eigenvalue weighted by Gasteiger charge is 2.32. The van der Waals surface area contributed by atoms with Crippen LogP contribution in [0.3, 0.4) is 0 Å². The Balaban J connectivity index is 2.23. The Bertz CT molecular complexity index is 397. The third-order valence-corrected chi connectivity index (χ3v) is 4.08. The molecule has 1 aliphatic heterocycles. The Morgan fingerprint density at radius 2 is 2.19 bits per heavy atom. The van der Waals surface area contributed by atoms with Gasteiger partial charge in [-0.05, 0) is 23.8 Å². The number of hydrogen-bond donors (Lipinski definition) is 2. The van der Waals surface area contributed by atoms with Crippen molar-refractivity contribution in [2.45, 2.75) is 18.4 Å². The Labute approximate surface area is 98.5 Å². The molecule has 1 aromatic rings. The highest BCUT2D eigenvalue weighted by atomic mass is 32.2. The molecular formula is C12H14O3S. The number of carbonyl (C=O) groups is 1. The lowest BCUT2D eigenvalue weighted by atomic mass is 9.91. The molecule has 1 fully saturated rings. The van der Waals surface area contributed by atoms with Gasteiger partial charge in [0.2, 0.25) is 0 Å². The van der Waals surface area contributed by atoms with Crippen molar-refractivity contribution in [1.82, 2.24) is 0 Å². The van der Waals surface area contributed by atoms with Crippen molar-refractivity contribution >= 4 is 17.7 Å². The van der Waals surface area contributed by atoms with Crippen LogP contribution in [0.2, 0.25) is 0 Å². The van der Waals surface area contributed by atoms with Crippen molar-refractivity contribution in [3.05, 3.63) is 35.4 Å². The average molecular weight is 238 g/mol. The smallest absolute Gasteiger partial charge is 0.335 e. The molecule has 2 N–H and O–H groups in total. The third kappa shape index (κ3) is 2.39. The average Bonchev–Trinajstić information content (AvgIpc) is 2.65. The molecule has 0 bridgehead atoms. The van der Waals surface area contributed by atoms with Gasteiger partial charge in [0.1, 0.15) is 0 Å². The predicted octanol–water partition coefficient (Wildman–Crippen LogP) is 1.80. The van der Waals surface area contributed by atoms with Gasteiger partial charge in [-0.1, -0.05) is 18.2 Å². The van der Waals surface area contributed by atoms with Crippen LogP contribution in [0.25, 0.3) is 0 Å². The van der Waals surface area contributed by atoms with E-state index in [-0.39, 0.29) is 0 Å². The van der Waals surface area contributed by atoms with Gasteiger partial charge in [0, 0.05) is 12.2 Å². The second-order valence-corrected chi connectivity index (χ2v) is 5.27. The molecule has 16 heavy (non-hydrogen) atoms. The maximum absolute atomic E-state index is 11.0. The normalized spacial score (nSPS) is 24.6. The second-order valence-electron chi connectivity index (χ2n) is 4.17. The lowest BCUT2D eigenvalue weighted by Gasteiger charge is -2.22. The summed E-state index contributed by atoms with van der Waals surface area (Å²) in [5.41, 5.74) is 0.295. The van der Waals surface area contributed by atoms with Gasteiger partial charge in [-0.15, -0.1) is 0 Å². The largest absolute Gasteiger partial charge is 0.478 e. The summed E-state index contributed by atoms with van der Waals surface area (Å²) in [6, 6.07) is 6.89. The van der Waals surface area contributed by atoms with Gasteiger partial charge in [0.25, 0.3) is 0 Å². The van der Waals surface area contributed by atoms with Gasteiger partial charge < -0.3 is 10.2 Å². The van der Waals surface area contributed by atoms with Crippen LogP contribution in [0.1, 0.15) is 22.3 Å². The molecule has 1 aliphatic rings. The fraction of sp³-hybridized carbons (Fsp3) is 0.417. The fourth-order valence-corrected chi connectivity index (χ4v) is 3.27. The molecule has 1 unspecified atom stereocenters. The molecule has 1 atom stereocenters. The van der Waals surface area contributed by atoms with E-state index in [9.17, 15) is 9.90 Å². The summed E-state index contributed by atoms with van der Waals surface area (Å²) in [6.07, 6.45) is 1.17. The molecule has 86 valence electrons. The van der Waals surface area contributed by atoms with Crippen LogP contribution in [0.4, 0.5) is 0 Å². The van der Waals surface area contributed by atoms with Crippen molar-refractivity contribution in [1.29, 1.82) is 0 Å². The van der Waals surface area contributed by atoms with E-state index in [0.717, 1.165) is 17.7 Å². The van der Waals surface area contributed by atoms with Crippen LogP contribution in [-0.4, -0.2) is 33.3 Å². The Hall–Kier alpha value is -1.00. The maximum atomic E-state index is 11.0. The van der Waals surface area contributed by atoms with Crippen LogP contribution in [0, 0.1) is 0 Å². The molecule has 1 saturated heterocycles. The van der Waals surface area contributed by atoms with Gasteiger partial charge in [0.15, 0.2) is 0 Å². The topological polar surface area (TPSA) is 57.5 Å². The summed E-state index contributed by atoms with van der Waals surface area (Å²) in [5.74, 6) is 0.719. The molecule has 1 aromatic carbocycles. The Morgan fingerprint density at radius 1 is 1.44 bits per heavy atom. The van der Waals surface area contributed by atoms with E-state index in [4.69, 9.17) is 5.11 Å². The van der Waals surface area contributed by atoms with Crippen molar-refractivity contribution < 1.29 is 15.0 Å². The molecule has 2 rings (SSSR count). The number of thioether (sulfide) groups is 1. The number of carboxylic acid groups (broad SMARTS) is 1. The number of aromatic carboxylic acids is 1. The van der Waals surface area contributed by atoms with E-state index in [1.165, 1.54) is 0 Å². The number of rotatable bonds is 3. The SMILES string of the molecule is O=C(O)c1ccccc1CC1(O)CCSC1. The molecule has 1 heterocycles. The maximum Gasteiger partial charge on any atom is 0.335 e. The third-order valence-electron chi connectivity index (χ3n) is 2.85. The van der Waals surface area contributed by atoms with E-state index in [1.807, 2.05) is 6.07 Å². The predicted molar refractivity (Wildman–Crippen MR) is 64.0 cm³/mol. The zero-order chi connectivity index (χ0) is 11.6. The minimum absolute atomic E-state index is 0.299. The zero-order valence-electron chi connectivity index (χ0n) is 8.85. The summed E-state index contributed by atoms with van der Waals surface area (Å²) in [7, 11) is 0. The summed E-state index contributed by atoms with van der Waals surface area (Å²) in [5, 5.41) is 19.3. The van der Waals surface area contributed by atoms with Crippen LogP contribution in [-0.2, 0) is 6.42 Å². The number of hydrogen-bond acceptors (Lipinski definition) is 3. The molecular weight excluding hydrogens is 224 g/mol. The Morgan fingerprint density at radius 3 is 2.81 bits per heavy atom. The standard InChI is InChI=1S/C12H14O3S/c13-11(14)10-4-2-1-3-9(10)7-12(15)5-6-16-8-12/h1-4,15H,5-8H2,(H,13,14). The summed E-state index contributed by atoms with van der Waals surface area (Å²) in [4.78, 5) is 11.0. The highest BCUT2D eigenvalue weighted by Crippen LogP contribution is 2.31. The van der Waals surface area contributed by atoms with Crippen LogP contribution in [0.5, 0.6) is 0 Å². The number of carboxylic acids is 1.